The van der Waals surface area contributed by atoms with Crippen LogP contribution in [0.3, 0.4) is 0 Å². The van der Waals surface area contributed by atoms with Crippen LogP contribution < -0.4 is 10.1 Å². The maximum Gasteiger partial charge on any atom is 0.216 e. The van der Waals surface area contributed by atoms with Gasteiger partial charge in [-0.05, 0) is 24.1 Å². The molecule has 0 atom stereocenters. The van der Waals surface area contributed by atoms with Gasteiger partial charge in [0.25, 0.3) is 0 Å². The molecule has 0 heterocycles. The standard InChI is InChI=1S/C14H21NO2/c1-10-8-12(6-7-13(10)17-5)14(3,4)9-15-11(2)16/h6-8H,9H2,1-5H3,(H,15,16). The summed E-state index contributed by atoms with van der Waals surface area (Å²) < 4.78 is 5.24. The van der Waals surface area contributed by atoms with E-state index in [2.05, 4.69) is 25.2 Å². The number of carbonyl (C=O) groups is 1. The molecule has 0 aliphatic heterocycles. The van der Waals surface area contributed by atoms with Gasteiger partial charge in [-0.15, -0.1) is 0 Å². The number of hydrogen-bond donors (Lipinski definition) is 1. The van der Waals surface area contributed by atoms with Crippen molar-refractivity contribution in [3.63, 3.8) is 0 Å². The van der Waals surface area contributed by atoms with E-state index in [9.17, 15) is 4.79 Å². The van der Waals surface area contributed by atoms with Crippen LogP contribution in [0.4, 0.5) is 0 Å². The molecule has 0 saturated heterocycles. The Hall–Kier alpha value is -1.51. The Morgan fingerprint density at radius 1 is 1.41 bits per heavy atom. The quantitative estimate of drug-likeness (QED) is 0.870. The Labute approximate surface area is 103 Å². The summed E-state index contributed by atoms with van der Waals surface area (Å²) in [5.41, 5.74) is 2.23. The summed E-state index contributed by atoms with van der Waals surface area (Å²) in [4.78, 5) is 11.0. The summed E-state index contributed by atoms with van der Waals surface area (Å²) in [5, 5.41) is 2.86. The number of amides is 1. The van der Waals surface area contributed by atoms with Crippen molar-refractivity contribution in [2.24, 2.45) is 0 Å². The van der Waals surface area contributed by atoms with E-state index in [1.807, 2.05) is 19.1 Å². The van der Waals surface area contributed by atoms with Gasteiger partial charge < -0.3 is 10.1 Å². The second-order valence-electron chi connectivity index (χ2n) is 4.98. The van der Waals surface area contributed by atoms with Crippen molar-refractivity contribution >= 4 is 5.91 Å². The fraction of sp³-hybridized carbons (Fsp3) is 0.500. The predicted octanol–water partition coefficient (Wildman–Crippen LogP) is 2.42. The smallest absolute Gasteiger partial charge is 0.216 e. The fourth-order valence-corrected chi connectivity index (χ4v) is 1.75. The van der Waals surface area contributed by atoms with Crippen molar-refractivity contribution in [1.29, 1.82) is 0 Å². The zero-order valence-corrected chi connectivity index (χ0v) is 11.3. The van der Waals surface area contributed by atoms with Gasteiger partial charge in [-0.1, -0.05) is 26.0 Å². The topological polar surface area (TPSA) is 38.3 Å². The van der Waals surface area contributed by atoms with E-state index in [0.29, 0.717) is 6.54 Å². The average molecular weight is 235 g/mol. The third-order valence-corrected chi connectivity index (χ3v) is 2.96. The Kier molecular flexibility index (Phi) is 4.16. The second-order valence-corrected chi connectivity index (χ2v) is 4.98. The summed E-state index contributed by atoms with van der Waals surface area (Å²) in [6.45, 7) is 8.43. The molecule has 1 aromatic carbocycles. The summed E-state index contributed by atoms with van der Waals surface area (Å²) >= 11 is 0. The molecule has 1 N–H and O–H groups in total. The molecular weight excluding hydrogens is 214 g/mol. The molecule has 0 spiro atoms. The summed E-state index contributed by atoms with van der Waals surface area (Å²) in [5.74, 6) is 0.896. The minimum atomic E-state index is -0.0807. The molecule has 0 aromatic heterocycles. The normalized spacial score (nSPS) is 11.1. The molecule has 0 saturated carbocycles. The van der Waals surface area contributed by atoms with Gasteiger partial charge in [-0.25, -0.2) is 0 Å². The number of aryl methyl sites for hydroxylation is 1. The molecule has 0 fully saturated rings. The Balaban J connectivity index is 2.90. The van der Waals surface area contributed by atoms with Crippen LogP contribution in [-0.2, 0) is 10.2 Å². The van der Waals surface area contributed by atoms with Crippen molar-refractivity contribution in [2.45, 2.75) is 33.1 Å². The van der Waals surface area contributed by atoms with Gasteiger partial charge in [0.2, 0.25) is 5.91 Å². The lowest BCUT2D eigenvalue weighted by molar-refractivity contribution is -0.119. The Bertz CT molecular complexity index is 411. The van der Waals surface area contributed by atoms with Crippen molar-refractivity contribution < 1.29 is 9.53 Å². The minimum absolute atomic E-state index is 0.00306. The van der Waals surface area contributed by atoms with Crippen molar-refractivity contribution in [3.8, 4) is 5.75 Å². The number of ether oxygens (including phenoxy) is 1. The Morgan fingerprint density at radius 3 is 2.53 bits per heavy atom. The molecule has 0 bridgehead atoms. The Morgan fingerprint density at radius 2 is 2.06 bits per heavy atom. The lowest BCUT2D eigenvalue weighted by Gasteiger charge is -2.26. The van der Waals surface area contributed by atoms with Gasteiger partial charge in [0.15, 0.2) is 0 Å². The third-order valence-electron chi connectivity index (χ3n) is 2.96. The number of rotatable bonds is 4. The predicted molar refractivity (Wildman–Crippen MR) is 69.4 cm³/mol. The summed E-state index contributed by atoms with van der Waals surface area (Å²) in [6, 6.07) is 6.13. The molecule has 3 heteroatoms. The summed E-state index contributed by atoms with van der Waals surface area (Å²) in [7, 11) is 1.67. The first kappa shape index (κ1) is 13.6. The van der Waals surface area contributed by atoms with E-state index in [1.165, 1.54) is 12.5 Å². The highest BCUT2D eigenvalue weighted by molar-refractivity contribution is 5.72. The average Bonchev–Trinajstić information content (AvgIpc) is 2.26. The lowest BCUT2D eigenvalue weighted by atomic mass is 9.83. The van der Waals surface area contributed by atoms with Crippen LogP contribution in [-0.4, -0.2) is 19.6 Å². The van der Waals surface area contributed by atoms with E-state index < -0.39 is 0 Å². The molecule has 0 aliphatic rings. The summed E-state index contributed by atoms with van der Waals surface area (Å²) in [6.07, 6.45) is 0. The van der Waals surface area contributed by atoms with Gasteiger partial charge in [-0.2, -0.15) is 0 Å². The molecule has 1 aromatic rings. The monoisotopic (exact) mass is 235 g/mol. The van der Waals surface area contributed by atoms with Crippen LogP contribution in [0.25, 0.3) is 0 Å². The number of methoxy groups -OCH3 is 1. The molecule has 0 radical (unpaired) electrons. The number of carbonyl (C=O) groups excluding carboxylic acids is 1. The van der Waals surface area contributed by atoms with Gasteiger partial charge in [-0.3, -0.25) is 4.79 Å². The molecule has 0 unspecified atom stereocenters. The third kappa shape index (κ3) is 3.48. The van der Waals surface area contributed by atoms with E-state index in [1.54, 1.807) is 7.11 Å². The number of nitrogens with one attached hydrogen (secondary N) is 1. The van der Waals surface area contributed by atoms with Gasteiger partial charge >= 0.3 is 0 Å². The number of hydrogen-bond acceptors (Lipinski definition) is 2. The minimum Gasteiger partial charge on any atom is -0.496 e. The van der Waals surface area contributed by atoms with Gasteiger partial charge in [0.1, 0.15) is 5.75 Å². The van der Waals surface area contributed by atoms with Gasteiger partial charge in [0.05, 0.1) is 7.11 Å². The van der Waals surface area contributed by atoms with Crippen LogP contribution >= 0.6 is 0 Å². The maximum absolute atomic E-state index is 11.0. The lowest BCUT2D eigenvalue weighted by Crippen LogP contribution is -2.35. The zero-order chi connectivity index (χ0) is 13.1. The number of benzene rings is 1. The molecule has 0 aliphatic carbocycles. The first-order valence-electron chi connectivity index (χ1n) is 5.76. The SMILES string of the molecule is COc1ccc(C(C)(C)CNC(C)=O)cc1C. The van der Waals surface area contributed by atoms with E-state index in [0.717, 1.165) is 11.3 Å². The fourth-order valence-electron chi connectivity index (χ4n) is 1.75. The van der Waals surface area contributed by atoms with Crippen molar-refractivity contribution in [2.75, 3.05) is 13.7 Å². The molecular formula is C14H21NO2. The van der Waals surface area contributed by atoms with Crippen molar-refractivity contribution in [1.82, 2.24) is 5.32 Å². The molecule has 3 nitrogen and oxygen atoms in total. The van der Waals surface area contributed by atoms with E-state index >= 15 is 0 Å². The highest BCUT2D eigenvalue weighted by atomic mass is 16.5. The maximum atomic E-state index is 11.0. The van der Waals surface area contributed by atoms with Crippen molar-refractivity contribution in [3.05, 3.63) is 29.3 Å². The molecule has 1 rings (SSSR count). The van der Waals surface area contributed by atoms with Gasteiger partial charge in [0, 0.05) is 18.9 Å². The van der Waals surface area contributed by atoms with Crippen LogP contribution in [0.2, 0.25) is 0 Å². The molecule has 94 valence electrons. The first-order valence-corrected chi connectivity index (χ1v) is 5.76. The zero-order valence-electron chi connectivity index (χ0n) is 11.3. The van der Waals surface area contributed by atoms with Crippen LogP contribution in [0, 0.1) is 6.92 Å². The highest BCUT2D eigenvalue weighted by Gasteiger charge is 2.21. The van der Waals surface area contributed by atoms with E-state index in [4.69, 9.17) is 4.74 Å². The second kappa shape index (κ2) is 5.21. The molecule has 17 heavy (non-hydrogen) atoms. The van der Waals surface area contributed by atoms with E-state index in [-0.39, 0.29) is 11.3 Å². The highest BCUT2D eigenvalue weighted by Crippen LogP contribution is 2.27. The van der Waals surface area contributed by atoms with Crippen LogP contribution in [0.15, 0.2) is 18.2 Å². The largest absolute Gasteiger partial charge is 0.496 e. The first-order chi connectivity index (χ1) is 7.86. The van der Waals surface area contributed by atoms with Crippen LogP contribution in [0.5, 0.6) is 5.75 Å². The molecule has 1 amide bonds. The van der Waals surface area contributed by atoms with Crippen LogP contribution in [0.1, 0.15) is 31.9 Å².